The molecule has 0 aromatic heterocycles. The molecule has 1 aromatic rings. The quantitative estimate of drug-likeness (QED) is 0.0800. The molecule has 2 rings (SSSR count). The Morgan fingerprint density at radius 1 is 1.00 bits per heavy atom. The third-order valence-electron chi connectivity index (χ3n) is 4.48. The molecule has 1 heterocycles. The number of rotatable bonds is 12. The smallest absolute Gasteiger partial charge is 0.257 e. The van der Waals surface area contributed by atoms with Gasteiger partial charge in [0.2, 0.25) is 0 Å². The first-order chi connectivity index (χ1) is 16.2. The van der Waals surface area contributed by atoms with Gasteiger partial charge in [-0.05, 0) is 5.53 Å². The Kier molecular flexibility index (Phi) is 10.9. The van der Waals surface area contributed by atoms with E-state index in [1.54, 1.807) is 0 Å². The van der Waals surface area contributed by atoms with Gasteiger partial charge in [0.05, 0.1) is 39.6 Å². The highest BCUT2D eigenvalue weighted by molar-refractivity contribution is 5.95. The van der Waals surface area contributed by atoms with Crippen molar-refractivity contribution in [2.75, 3.05) is 46.2 Å². The van der Waals surface area contributed by atoms with E-state index in [0.29, 0.717) is 0 Å². The highest BCUT2D eigenvalue weighted by Crippen LogP contribution is 2.30. The van der Waals surface area contributed by atoms with Crippen LogP contribution in [0.4, 0.5) is 23.2 Å². The summed E-state index contributed by atoms with van der Waals surface area (Å²) in [6.07, 6.45) is -5.13. The Balaban J connectivity index is 1.62. The molecule has 1 aromatic carbocycles. The maximum Gasteiger partial charge on any atom is 0.257 e. The van der Waals surface area contributed by atoms with Gasteiger partial charge in [-0.1, -0.05) is 5.11 Å². The van der Waals surface area contributed by atoms with E-state index in [1.807, 2.05) is 5.32 Å². The standard InChI is InChI=1S/C18H22F4N4O8/c19-10-9(11(20)13(22)14(12(10)21)25-26-23)17(30)24-1-2-31-3-4-32-5-6-33-18-16(29)15(28)8(27)7-34-18/h8,15-16,18,27-29H,1-7H2,(H,24,30)/t8-,15?,16?,18+/m0/s1. The van der Waals surface area contributed by atoms with Gasteiger partial charge in [0.1, 0.15) is 29.6 Å². The van der Waals surface area contributed by atoms with Crippen LogP contribution in [0.2, 0.25) is 0 Å². The number of carbonyl (C=O) groups excluding carboxylic acids is 1. The number of amides is 1. The van der Waals surface area contributed by atoms with Crippen molar-refractivity contribution < 1.29 is 56.6 Å². The molecule has 0 saturated carbocycles. The van der Waals surface area contributed by atoms with Crippen LogP contribution in [0.5, 0.6) is 0 Å². The Bertz CT molecular complexity index is 876. The fourth-order valence-electron chi connectivity index (χ4n) is 2.75. The Hall–Kier alpha value is -2.56. The van der Waals surface area contributed by atoms with Crippen LogP contribution in [0.1, 0.15) is 10.4 Å². The molecular weight excluding hydrogens is 476 g/mol. The van der Waals surface area contributed by atoms with E-state index in [-0.39, 0.29) is 46.2 Å². The summed E-state index contributed by atoms with van der Waals surface area (Å²) >= 11 is 0. The van der Waals surface area contributed by atoms with Crippen molar-refractivity contribution in [3.63, 3.8) is 0 Å². The van der Waals surface area contributed by atoms with E-state index in [4.69, 9.17) is 24.5 Å². The molecule has 0 aliphatic carbocycles. The predicted octanol–water partition coefficient (Wildman–Crippen LogP) is 0.403. The third-order valence-corrected chi connectivity index (χ3v) is 4.48. The second-order valence-electron chi connectivity index (χ2n) is 6.77. The molecule has 4 atom stereocenters. The number of halogens is 4. The largest absolute Gasteiger partial charge is 0.388 e. The molecule has 16 heteroatoms. The van der Waals surface area contributed by atoms with Gasteiger partial charge in [0, 0.05) is 11.5 Å². The van der Waals surface area contributed by atoms with Crippen molar-refractivity contribution in [2.45, 2.75) is 24.6 Å². The lowest BCUT2D eigenvalue weighted by atomic mass is 10.1. The maximum atomic E-state index is 13.9. The van der Waals surface area contributed by atoms with Crippen LogP contribution in [0.3, 0.4) is 0 Å². The lowest BCUT2D eigenvalue weighted by Crippen LogP contribution is -2.53. The minimum atomic E-state index is -2.01. The second kappa shape index (κ2) is 13.4. The van der Waals surface area contributed by atoms with Crippen LogP contribution >= 0.6 is 0 Å². The van der Waals surface area contributed by atoms with Gasteiger partial charge in [-0.25, -0.2) is 17.6 Å². The minimum absolute atomic E-state index is 0.00329. The molecule has 0 spiro atoms. The lowest BCUT2D eigenvalue weighted by Gasteiger charge is -2.34. The van der Waals surface area contributed by atoms with Crippen molar-refractivity contribution in [3.05, 3.63) is 39.3 Å². The molecule has 2 unspecified atom stereocenters. The Labute approximate surface area is 189 Å². The number of nitrogens with one attached hydrogen (secondary N) is 1. The zero-order chi connectivity index (χ0) is 25.3. The molecule has 1 amide bonds. The fraction of sp³-hybridized carbons (Fsp3) is 0.611. The zero-order valence-electron chi connectivity index (χ0n) is 17.5. The first-order valence-corrected chi connectivity index (χ1v) is 9.82. The van der Waals surface area contributed by atoms with Gasteiger partial charge < -0.3 is 39.6 Å². The SMILES string of the molecule is [N-]=[N+]=Nc1c(F)c(F)c(C(=O)NCCOCCOCCO[C@@H]2OC[C@H](O)C(O)C2O)c(F)c1F. The average molecular weight is 498 g/mol. The summed E-state index contributed by atoms with van der Waals surface area (Å²) in [5, 5.41) is 33.1. The normalized spacial score (nSPS) is 22.3. The number of hydrogen-bond donors (Lipinski definition) is 4. The van der Waals surface area contributed by atoms with Gasteiger partial charge in [-0.15, -0.1) is 0 Å². The molecule has 12 nitrogen and oxygen atoms in total. The predicted molar refractivity (Wildman–Crippen MR) is 103 cm³/mol. The molecule has 0 bridgehead atoms. The minimum Gasteiger partial charge on any atom is -0.388 e. The molecule has 1 fully saturated rings. The maximum absolute atomic E-state index is 13.9. The Morgan fingerprint density at radius 2 is 1.59 bits per heavy atom. The number of benzene rings is 1. The number of ether oxygens (including phenoxy) is 4. The summed E-state index contributed by atoms with van der Waals surface area (Å²) in [5.41, 5.74) is 5.16. The summed E-state index contributed by atoms with van der Waals surface area (Å²) in [4.78, 5) is 13.9. The van der Waals surface area contributed by atoms with E-state index in [1.165, 1.54) is 0 Å². The molecule has 1 aliphatic heterocycles. The number of hydrogen-bond acceptors (Lipinski definition) is 9. The van der Waals surface area contributed by atoms with E-state index < -0.39 is 65.0 Å². The Morgan fingerprint density at radius 3 is 2.21 bits per heavy atom. The first kappa shape index (κ1) is 27.7. The number of aliphatic hydroxyl groups is 3. The number of nitrogens with zero attached hydrogens (tertiary/aromatic N) is 3. The van der Waals surface area contributed by atoms with Crippen LogP contribution in [0, 0.1) is 23.3 Å². The van der Waals surface area contributed by atoms with Crippen LogP contribution in [-0.4, -0.2) is 92.0 Å². The summed E-state index contributed by atoms with van der Waals surface area (Å²) < 4.78 is 75.8. The van der Waals surface area contributed by atoms with Crippen molar-refractivity contribution >= 4 is 11.6 Å². The van der Waals surface area contributed by atoms with E-state index >= 15 is 0 Å². The third kappa shape index (κ3) is 6.97. The van der Waals surface area contributed by atoms with Crippen LogP contribution < -0.4 is 5.32 Å². The number of carbonyl (C=O) groups is 1. The molecule has 34 heavy (non-hydrogen) atoms. The highest BCUT2D eigenvalue weighted by atomic mass is 19.2. The topological polar surface area (TPSA) is 175 Å². The molecule has 190 valence electrons. The number of azide groups is 1. The van der Waals surface area contributed by atoms with Gasteiger partial charge >= 0.3 is 0 Å². The van der Waals surface area contributed by atoms with Crippen LogP contribution in [-0.2, 0) is 18.9 Å². The van der Waals surface area contributed by atoms with E-state index in [2.05, 4.69) is 10.0 Å². The van der Waals surface area contributed by atoms with E-state index in [9.17, 15) is 37.7 Å². The van der Waals surface area contributed by atoms with Crippen LogP contribution in [0.25, 0.3) is 10.4 Å². The molecule has 1 aliphatic rings. The van der Waals surface area contributed by atoms with Crippen molar-refractivity contribution in [2.24, 2.45) is 5.11 Å². The van der Waals surface area contributed by atoms with Crippen LogP contribution in [0.15, 0.2) is 5.11 Å². The molecule has 1 saturated heterocycles. The fourth-order valence-corrected chi connectivity index (χ4v) is 2.75. The summed E-state index contributed by atoms with van der Waals surface area (Å²) in [5.74, 6) is -9.46. The first-order valence-electron chi connectivity index (χ1n) is 9.82. The van der Waals surface area contributed by atoms with Gasteiger partial charge in [0.15, 0.2) is 29.6 Å². The molecule has 0 radical (unpaired) electrons. The summed E-state index contributed by atoms with van der Waals surface area (Å²) in [7, 11) is 0. The number of aliphatic hydroxyl groups excluding tert-OH is 3. The molecular formula is C18H22F4N4O8. The van der Waals surface area contributed by atoms with Gasteiger partial charge in [0.25, 0.3) is 5.91 Å². The summed E-state index contributed by atoms with van der Waals surface area (Å²) in [6, 6.07) is 0. The van der Waals surface area contributed by atoms with Crippen molar-refractivity contribution in [1.82, 2.24) is 5.32 Å². The molecule has 4 N–H and O–H groups in total. The van der Waals surface area contributed by atoms with Crippen molar-refractivity contribution in [3.8, 4) is 0 Å². The highest BCUT2D eigenvalue weighted by Gasteiger charge is 2.38. The van der Waals surface area contributed by atoms with E-state index in [0.717, 1.165) is 0 Å². The summed E-state index contributed by atoms with van der Waals surface area (Å²) in [6.45, 7) is -0.357. The lowest BCUT2D eigenvalue weighted by molar-refractivity contribution is -0.271. The monoisotopic (exact) mass is 498 g/mol. The van der Waals surface area contributed by atoms with Gasteiger partial charge in [-0.2, -0.15) is 0 Å². The van der Waals surface area contributed by atoms with Crippen molar-refractivity contribution in [1.29, 1.82) is 0 Å². The average Bonchev–Trinajstić information content (AvgIpc) is 2.81. The zero-order valence-corrected chi connectivity index (χ0v) is 17.5. The second-order valence-corrected chi connectivity index (χ2v) is 6.77. The van der Waals surface area contributed by atoms with Gasteiger partial charge in [-0.3, -0.25) is 4.79 Å².